The smallest absolute Gasteiger partial charge is 0.316 e. The third kappa shape index (κ3) is 8.05. The fourth-order valence-electron chi connectivity index (χ4n) is 0.889. The molecule has 3 amide bonds. The maximum Gasteiger partial charge on any atom is 0.316 e. The van der Waals surface area contributed by atoms with Gasteiger partial charge >= 0.3 is 6.03 Å². The molecule has 0 aliphatic heterocycles. The highest BCUT2D eigenvalue weighted by Gasteiger charge is 2.03. The van der Waals surface area contributed by atoms with E-state index in [0.717, 1.165) is 0 Å². The molecule has 0 aliphatic carbocycles. The topological polar surface area (TPSA) is 73.5 Å². The second-order valence-corrected chi connectivity index (χ2v) is 4.01. The number of carbonyl (C=O) groups excluding carboxylic acids is 2. The quantitative estimate of drug-likeness (QED) is 0.532. The molecule has 0 aromatic heterocycles. The summed E-state index contributed by atoms with van der Waals surface area (Å²) in [5.41, 5.74) is 0. The van der Waals surface area contributed by atoms with Gasteiger partial charge in [-0.1, -0.05) is 13.8 Å². The van der Waals surface area contributed by atoms with Gasteiger partial charge in [0, 0.05) is 33.2 Å². The number of hydrogen-bond acceptors (Lipinski definition) is 3. The molecule has 0 spiro atoms. The van der Waals surface area contributed by atoms with E-state index in [2.05, 4.69) is 16.0 Å². The van der Waals surface area contributed by atoms with E-state index in [1.807, 2.05) is 13.8 Å². The first kappa shape index (κ1) is 14.7. The fraction of sp³-hybridized carbons (Fsp3) is 0.800. The van der Waals surface area contributed by atoms with Gasteiger partial charge in [0.2, 0.25) is 5.91 Å². The van der Waals surface area contributed by atoms with E-state index in [1.54, 1.807) is 14.1 Å². The van der Waals surface area contributed by atoms with Crippen molar-refractivity contribution in [3.05, 3.63) is 0 Å². The Morgan fingerprint density at radius 2 is 1.69 bits per heavy atom. The highest BCUT2D eigenvalue weighted by Crippen LogP contribution is 1.76. The van der Waals surface area contributed by atoms with E-state index in [-0.39, 0.29) is 11.9 Å². The van der Waals surface area contributed by atoms with E-state index in [4.69, 9.17) is 0 Å². The van der Waals surface area contributed by atoms with Crippen molar-refractivity contribution in [1.82, 2.24) is 20.9 Å². The molecule has 0 radical (unpaired) electrons. The van der Waals surface area contributed by atoms with Crippen LogP contribution in [0.2, 0.25) is 0 Å². The SMILES string of the molecule is CC(C)NCC(=O)NCCNC(=O)N(C)C. The highest BCUT2D eigenvalue weighted by molar-refractivity contribution is 5.78. The molecular weight excluding hydrogens is 208 g/mol. The molecule has 0 atom stereocenters. The van der Waals surface area contributed by atoms with Gasteiger partial charge in [0.15, 0.2) is 0 Å². The zero-order valence-electron chi connectivity index (χ0n) is 10.5. The van der Waals surface area contributed by atoms with Crippen molar-refractivity contribution >= 4 is 11.9 Å². The predicted octanol–water partition coefficient (Wildman–Crippen LogP) is -0.628. The third-order valence-corrected chi connectivity index (χ3v) is 1.80. The number of hydrogen-bond donors (Lipinski definition) is 3. The Hall–Kier alpha value is -1.30. The molecule has 0 unspecified atom stereocenters. The standard InChI is InChI=1S/C10H22N4O2/c1-8(2)13-7-9(15)11-5-6-12-10(16)14(3)4/h8,13H,5-7H2,1-4H3,(H,11,15)(H,12,16). The summed E-state index contributed by atoms with van der Waals surface area (Å²) in [5, 5.41) is 8.36. The Balaban J connectivity index is 3.45. The average molecular weight is 230 g/mol. The predicted molar refractivity (Wildman–Crippen MR) is 63.2 cm³/mol. The summed E-state index contributed by atoms with van der Waals surface area (Å²) in [7, 11) is 3.33. The van der Waals surface area contributed by atoms with Crippen LogP contribution in [0.25, 0.3) is 0 Å². The van der Waals surface area contributed by atoms with Crippen molar-refractivity contribution in [1.29, 1.82) is 0 Å². The van der Waals surface area contributed by atoms with Crippen molar-refractivity contribution < 1.29 is 9.59 Å². The van der Waals surface area contributed by atoms with Gasteiger partial charge in [-0.2, -0.15) is 0 Å². The lowest BCUT2D eigenvalue weighted by molar-refractivity contribution is -0.120. The molecule has 6 heteroatoms. The average Bonchev–Trinajstić information content (AvgIpc) is 2.20. The van der Waals surface area contributed by atoms with Gasteiger partial charge in [-0.05, 0) is 0 Å². The van der Waals surface area contributed by atoms with Crippen LogP contribution in [0.3, 0.4) is 0 Å². The maximum atomic E-state index is 11.2. The van der Waals surface area contributed by atoms with Gasteiger partial charge in [-0.15, -0.1) is 0 Å². The molecule has 0 saturated heterocycles. The van der Waals surface area contributed by atoms with Crippen LogP contribution >= 0.6 is 0 Å². The Morgan fingerprint density at radius 1 is 1.12 bits per heavy atom. The minimum absolute atomic E-state index is 0.0622. The number of amides is 3. The van der Waals surface area contributed by atoms with Crippen LogP contribution in [0.4, 0.5) is 4.79 Å². The number of rotatable bonds is 6. The second-order valence-electron chi connectivity index (χ2n) is 4.01. The third-order valence-electron chi connectivity index (χ3n) is 1.80. The molecule has 6 nitrogen and oxygen atoms in total. The lowest BCUT2D eigenvalue weighted by atomic mass is 10.4. The number of nitrogens with one attached hydrogen (secondary N) is 3. The molecular formula is C10H22N4O2. The summed E-state index contributed by atoms with van der Waals surface area (Å²) in [6.45, 7) is 5.14. The molecule has 0 rings (SSSR count). The molecule has 94 valence electrons. The Labute approximate surface area is 96.8 Å². The first-order valence-corrected chi connectivity index (χ1v) is 5.38. The van der Waals surface area contributed by atoms with Gasteiger partial charge in [0.25, 0.3) is 0 Å². The van der Waals surface area contributed by atoms with Crippen LogP contribution in [0.5, 0.6) is 0 Å². The minimum Gasteiger partial charge on any atom is -0.353 e. The lowest BCUT2D eigenvalue weighted by Gasteiger charge is -2.12. The van der Waals surface area contributed by atoms with E-state index in [1.165, 1.54) is 4.90 Å². The van der Waals surface area contributed by atoms with Crippen molar-refractivity contribution in [2.24, 2.45) is 0 Å². The molecule has 0 fully saturated rings. The Kier molecular flexibility index (Phi) is 7.28. The van der Waals surface area contributed by atoms with Crippen LogP contribution in [-0.4, -0.2) is 56.6 Å². The zero-order chi connectivity index (χ0) is 12.6. The number of carbonyl (C=O) groups is 2. The van der Waals surface area contributed by atoms with Crippen molar-refractivity contribution in [2.75, 3.05) is 33.7 Å². The van der Waals surface area contributed by atoms with Crippen molar-refractivity contribution in [3.63, 3.8) is 0 Å². The number of nitrogens with zero attached hydrogens (tertiary/aromatic N) is 1. The van der Waals surface area contributed by atoms with Crippen molar-refractivity contribution in [3.8, 4) is 0 Å². The molecule has 0 aromatic carbocycles. The van der Waals surface area contributed by atoms with E-state index in [9.17, 15) is 9.59 Å². The fourth-order valence-corrected chi connectivity index (χ4v) is 0.889. The second kappa shape index (κ2) is 7.92. The van der Waals surface area contributed by atoms with Gasteiger partial charge in [-0.3, -0.25) is 4.79 Å². The van der Waals surface area contributed by atoms with Crippen LogP contribution in [-0.2, 0) is 4.79 Å². The van der Waals surface area contributed by atoms with Crippen LogP contribution in [0.1, 0.15) is 13.8 Å². The van der Waals surface area contributed by atoms with Crippen LogP contribution in [0, 0.1) is 0 Å². The summed E-state index contributed by atoms with van der Waals surface area (Å²) >= 11 is 0. The first-order chi connectivity index (χ1) is 7.43. The summed E-state index contributed by atoms with van der Waals surface area (Å²) in [4.78, 5) is 23.8. The molecule has 0 bridgehead atoms. The Morgan fingerprint density at radius 3 is 2.19 bits per heavy atom. The molecule has 3 N–H and O–H groups in total. The molecule has 0 aliphatic rings. The van der Waals surface area contributed by atoms with Crippen molar-refractivity contribution in [2.45, 2.75) is 19.9 Å². The summed E-state index contributed by atoms with van der Waals surface area (Å²) in [6.07, 6.45) is 0. The van der Waals surface area contributed by atoms with Gasteiger partial charge in [0.1, 0.15) is 0 Å². The van der Waals surface area contributed by atoms with Gasteiger partial charge < -0.3 is 20.9 Å². The lowest BCUT2D eigenvalue weighted by Crippen LogP contribution is -2.42. The molecule has 16 heavy (non-hydrogen) atoms. The van der Waals surface area contributed by atoms with Gasteiger partial charge in [-0.25, -0.2) is 4.79 Å². The molecule has 0 saturated carbocycles. The molecule has 0 aromatic rings. The molecule has 0 heterocycles. The summed E-state index contributed by atoms with van der Waals surface area (Å²) < 4.78 is 0. The monoisotopic (exact) mass is 230 g/mol. The summed E-state index contributed by atoms with van der Waals surface area (Å²) in [5.74, 6) is -0.0622. The van der Waals surface area contributed by atoms with Gasteiger partial charge in [0.05, 0.1) is 6.54 Å². The first-order valence-electron chi connectivity index (χ1n) is 5.38. The van der Waals surface area contributed by atoms with E-state index in [0.29, 0.717) is 25.7 Å². The zero-order valence-corrected chi connectivity index (χ0v) is 10.5. The summed E-state index contributed by atoms with van der Waals surface area (Å²) in [6, 6.07) is 0.133. The normalized spacial score (nSPS) is 10.1. The van der Waals surface area contributed by atoms with Crippen LogP contribution < -0.4 is 16.0 Å². The minimum atomic E-state index is -0.158. The largest absolute Gasteiger partial charge is 0.353 e. The van der Waals surface area contributed by atoms with E-state index >= 15 is 0 Å². The van der Waals surface area contributed by atoms with E-state index < -0.39 is 0 Å². The maximum absolute atomic E-state index is 11.2. The Bertz CT molecular complexity index is 229. The highest BCUT2D eigenvalue weighted by atomic mass is 16.2. The number of urea groups is 1. The van der Waals surface area contributed by atoms with Crippen LogP contribution in [0.15, 0.2) is 0 Å².